The molecule has 102 valence electrons. The van der Waals surface area contributed by atoms with E-state index in [-0.39, 0.29) is 5.41 Å². The highest BCUT2D eigenvalue weighted by atomic mass is 16.5. The summed E-state index contributed by atoms with van der Waals surface area (Å²) in [4.78, 5) is 0. The first-order chi connectivity index (χ1) is 8.64. The molecule has 0 saturated heterocycles. The molecule has 1 aliphatic rings. The van der Waals surface area contributed by atoms with Crippen LogP contribution in [0.5, 0.6) is 5.75 Å². The average Bonchev–Trinajstić information content (AvgIpc) is 2.94. The molecule has 0 bridgehead atoms. The van der Waals surface area contributed by atoms with Gasteiger partial charge in [-0.25, -0.2) is 0 Å². The second-order valence-electron chi connectivity index (χ2n) is 5.44. The lowest BCUT2D eigenvalue weighted by Gasteiger charge is -2.26. The second kappa shape index (κ2) is 5.31. The number of hydrogen-bond donors (Lipinski definition) is 1. The maximum absolute atomic E-state index is 5.50. The van der Waals surface area contributed by atoms with Gasteiger partial charge in [0.05, 0.1) is 19.0 Å². The molecule has 0 aromatic carbocycles. The lowest BCUT2D eigenvalue weighted by atomic mass is 9.84. The number of aryl methyl sites for hydroxylation is 1. The molecule has 0 spiro atoms. The van der Waals surface area contributed by atoms with Gasteiger partial charge in [0.2, 0.25) is 0 Å². The summed E-state index contributed by atoms with van der Waals surface area (Å²) >= 11 is 0. The molecular weight excluding hydrogens is 226 g/mol. The van der Waals surface area contributed by atoms with Gasteiger partial charge in [-0.3, -0.25) is 4.68 Å². The monoisotopic (exact) mass is 251 g/mol. The van der Waals surface area contributed by atoms with E-state index >= 15 is 0 Å². The quantitative estimate of drug-likeness (QED) is 0.873. The Bertz CT molecular complexity index is 380. The van der Waals surface area contributed by atoms with Crippen LogP contribution < -0.4 is 10.1 Å². The molecule has 0 radical (unpaired) electrons. The molecule has 1 heterocycles. The zero-order valence-electron chi connectivity index (χ0n) is 12.0. The van der Waals surface area contributed by atoms with E-state index in [1.54, 1.807) is 7.11 Å². The van der Waals surface area contributed by atoms with Crippen LogP contribution >= 0.6 is 0 Å². The normalized spacial score (nSPS) is 27.7. The van der Waals surface area contributed by atoms with Crippen molar-refractivity contribution in [2.45, 2.75) is 58.0 Å². The van der Waals surface area contributed by atoms with Gasteiger partial charge in [-0.15, -0.1) is 0 Å². The van der Waals surface area contributed by atoms with Crippen LogP contribution in [0.3, 0.4) is 0 Å². The molecule has 2 atom stereocenters. The molecule has 1 N–H and O–H groups in total. The molecule has 1 saturated carbocycles. The number of hydrogen-bond acceptors (Lipinski definition) is 3. The van der Waals surface area contributed by atoms with Crippen LogP contribution in [0.25, 0.3) is 0 Å². The fraction of sp³-hybridized carbons (Fsp3) is 0.786. The van der Waals surface area contributed by atoms with Gasteiger partial charge in [0.1, 0.15) is 0 Å². The van der Waals surface area contributed by atoms with Crippen LogP contribution in [0.1, 0.15) is 45.7 Å². The van der Waals surface area contributed by atoms with Crippen molar-refractivity contribution >= 4 is 0 Å². The zero-order chi connectivity index (χ0) is 13.2. The lowest BCUT2D eigenvalue weighted by molar-refractivity contribution is 0.365. The third-order valence-corrected chi connectivity index (χ3v) is 4.13. The van der Waals surface area contributed by atoms with E-state index in [1.165, 1.54) is 25.0 Å². The van der Waals surface area contributed by atoms with Crippen LogP contribution in [0, 0.1) is 0 Å². The SMILES string of the molecule is CCNC1CCC(C)(c2c(OC)cnn2CC)C1. The number of methoxy groups -OCH3 is 1. The Kier molecular flexibility index (Phi) is 3.95. The van der Waals surface area contributed by atoms with E-state index < -0.39 is 0 Å². The minimum atomic E-state index is 0.185. The molecule has 1 aromatic heterocycles. The van der Waals surface area contributed by atoms with Gasteiger partial charge >= 0.3 is 0 Å². The van der Waals surface area contributed by atoms with Crippen molar-refractivity contribution in [2.75, 3.05) is 13.7 Å². The Morgan fingerprint density at radius 1 is 1.56 bits per heavy atom. The number of nitrogens with one attached hydrogen (secondary N) is 1. The van der Waals surface area contributed by atoms with Crippen LogP contribution in [0.15, 0.2) is 6.20 Å². The molecule has 2 unspecified atom stereocenters. The van der Waals surface area contributed by atoms with Gasteiger partial charge in [-0.1, -0.05) is 13.8 Å². The summed E-state index contributed by atoms with van der Waals surface area (Å²) in [5.41, 5.74) is 1.46. The van der Waals surface area contributed by atoms with Gasteiger partial charge in [0, 0.05) is 18.0 Å². The highest BCUT2D eigenvalue weighted by Crippen LogP contribution is 2.44. The van der Waals surface area contributed by atoms with Gasteiger partial charge in [0.25, 0.3) is 0 Å². The average molecular weight is 251 g/mol. The maximum Gasteiger partial charge on any atom is 0.160 e. The minimum Gasteiger partial charge on any atom is -0.493 e. The highest BCUT2D eigenvalue weighted by Gasteiger charge is 2.40. The molecule has 0 amide bonds. The second-order valence-corrected chi connectivity index (χ2v) is 5.44. The maximum atomic E-state index is 5.50. The van der Waals surface area contributed by atoms with Gasteiger partial charge in [-0.2, -0.15) is 5.10 Å². The molecule has 4 nitrogen and oxygen atoms in total. The molecule has 1 aliphatic carbocycles. The summed E-state index contributed by atoms with van der Waals surface area (Å²) < 4.78 is 7.59. The zero-order valence-corrected chi connectivity index (χ0v) is 12.0. The van der Waals surface area contributed by atoms with Crippen molar-refractivity contribution in [1.82, 2.24) is 15.1 Å². The smallest absolute Gasteiger partial charge is 0.160 e. The predicted molar refractivity (Wildman–Crippen MR) is 73.1 cm³/mol. The molecule has 0 aliphatic heterocycles. The highest BCUT2D eigenvalue weighted by molar-refractivity contribution is 5.33. The van der Waals surface area contributed by atoms with Gasteiger partial charge in [-0.05, 0) is 32.7 Å². The third kappa shape index (κ3) is 2.26. The first-order valence-corrected chi connectivity index (χ1v) is 6.98. The predicted octanol–water partition coefficient (Wildman–Crippen LogP) is 2.33. The summed E-state index contributed by atoms with van der Waals surface area (Å²) in [6.07, 6.45) is 5.46. The summed E-state index contributed by atoms with van der Waals surface area (Å²) in [6.45, 7) is 8.60. The van der Waals surface area contributed by atoms with E-state index in [4.69, 9.17) is 4.74 Å². The fourth-order valence-corrected chi connectivity index (χ4v) is 3.29. The minimum absolute atomic E-state index is 0.185. The van der Waals surface area contributed by atoms with Crippen LogP contribution in [0.2, 0.25) is 0 Å². The summed E-state index contributed by atoms with van der Waals surface area (Å²) in [7, 11) is 1.74. The Balaban J connectivity index is 2.27. The molecule has 4 heteroatoms. The molecule has 18 heavy (non-hydrogen) atoms. The number of aromatic nitrogens is 2. The lowest BCUT2D eigenvalue weighted by Crippen LogP contribution is -2.30. The fourth-order valence-electron chi connectivity index (χ4n) is 3.29. The van der Waals surface area contributed by atoms with Crippen molar-refractivity contribution in [3.63, 3.8) is 0 Å². The molecule has 1 fully saturated rings. The number of nitrogens with zero attached hydrogens (tertiary/aromatic N) is 2. The summed E-state index contributed by atoms with van der Waals surface area (Å²) in [5.74, 6) is 0.941. The Hall–Kier alpha value is -1.03. The third-order valence-electron chi connectivity index (χ3n) is 4.13. The standard InChI is InChI=1S/C14H25N3O/c1-5-15-11-7-8-14(3,9-11)13-12(18-4)10-16-17(13)6-2/h10-11,15H,5-9H2,1-4H3. The summed E-state index contributed by atoms with van der Waals surface area (Å²) in [6, 6.07) is 0.630. The first-order valence-electron chi connectivity index (χ1n) is 6.98. The molecule has 2 rings (SSSR count). The van der Waals surface area contributed by atoms with E-state index in [1.807, 2.05) is 6.20 Å². The molecule has 1 aromatic rings. The van der Waals surface area contributed by atoms with Gasteiger partial charge < -0.3 is 10.1 Å². The topological polar surface area (TPSA) is 39.1 Å². The Labute approximate surface area is 110 Å². The van der Waals surface area contributed by atoms with E-state index in [2.05, 4.69) is 35.9 Å². The first kappa shape index (κ1) is 13.4. The van der Waals surface area contributed by atoms with Crippen molar-refractivity contribution in [3.05, 3.63) is 11.9 Å². The van der Waals surface area contributed by atoms with E-state index in [9.17, 15) is 0 Å². The molecular formula is C14H25N3O. The summed E-state index contributed by atoms with van der Waals surface area (Å²) in [5, 5.41) is 8.00. The van der Waals surface area contributed by atoms with Crippen molar-refractivity contribution in [2.24, 2.45) is 0 Å². The van der Waals surface area contributed by atoms with E-state index in [0.717, 1.165) is 18.8 Å². The van der Waals surface area contributed by atoms with Crippen LogP contribution in [-0.4, -0.2) is 29.5 Å². The Morgan fingerprint density at radius 2 is 2.33 bits per heavy atom. The van der Waals surface area contributed by atoms with Crippen LogP contribution in [-0.2, 0) is 12.0 Å². The van der Waals surface area contributed by atoms with Crippen molar-refractivity contribution in [1.29, 1.82) is 0 Å². The van der Waals surface area contributed by atoms with Crippen molar-refractivity contribution < 1.29 is 4.74 Å². The van der Waals surface area contributed by atoms with E-state index in [0.29, 0.717) is 6.04 Å². The largest absolute Gasteiger partial charge is 0.493 e. The number of ether oxygens (including phenoxy) is 1. The number of rotatable bonds is 5. The van der Waals surface area contributed by atoms with Crippen molar-refractivity contribution in [3.8, 4) is 5.75 Å². The van der Waals surface area contributed by atoms with Gasteiger partial charge in [0.15, 0.2) is 5.75 Å². The van der Waals surface area contributed by atoms with Crippen LogP contribution in [0.4, 0.5) is 0 Å². The Morgan fingerprint density at radius 3 is 2.94 bits per heavy atom.